The van der Waals surface area contributed by atoms with Crippen LogP contribution in [0.5, 0.6) is 0 Å². The molecule has 2 N–H and O–H groups in total. The van der Waals surface area contributed by atoms with E-state index < -0.39 is 18.1 Å². The van der Waals surface area contributed by atoms with Crippen LogP contribution in [-0.4, -0.2) is 54.2 Å². The van der Waals surface area contributed by atoms with Crippen molar-refractivity contribution in [3.05, 3.63) is 59.7 Å². The van der Waals surface area contributed by atoms with Crippen LogP contribution in [0.3, 0.4) is 0 Å². The zero-order valence-electron chi connectivity index (χ0n) is 18.7. The number of carboxylic acid groups (broad SMARTS) is 1. The van der Waals surface area contributed by atoms with Gasteiger partial charge in [-0.25, -0.2) is 4.79 Å². The summed E-state index contributed by atoms with van der Waals surface area (Å²) in [6.45, 7) is 4.04. The van der Waals surface area contributed by atoms with Gasteiger partial charge in [0.15, 0.2) is 0 Å². The van der Waals surface area contributed by atoms with Gasteiger partial charge in [-0.2, -0.15) is 0 Å². The standard InChI is InChI=1S/C25H30N2O5/c1-4-16(2)23(24(30)27(3)14-13-22(28)29)26-25(31)32-15-21-19-11-7-5-9-17(19)18-10-6-8-12-20(18)21/h5-12,16,21,23H,4,13-15H2,1-3H3,(H,26,31)(H,28,29)/t16-,23-/m0/s1. The van der Waals surface area contributed by atoms with E-state index in [1.165, 1.54) is 4.90 Å². The molecule has 1 aliphatic carbocycles. The molecular weight excluding hydrogens is 408 g/mol. The number of rotatable bonds is 9. The Balaban J connectivity index is 1.67. The van der Waals surface area contributed by atoms with Crippen molar-refractivity contribution < 1.29 is 24.2 Å². The van der Waals surface area contributed by atoms with Crippen molar-refractivity contribution in [1.82, 2.24) is 10.2 Å². The number of carbonyl (C=O) groups excluding carboxylic acids is 2. The molecule has 32 heavy (non-hydrogen) atoms. The Morgan fingerprint density at radius 1 is 1.06 bits per heavy atom. The number of nitrogens with one attached hydrogen (secondary N) is 1. The molecule has 1 aliphatic rings. The molecule has 0 saturated carbocycles. The molecule has 0 unspecified atom stereocenters. The topological polar surface area (TPSA) is 95.9 Å². The van der Waals surface area contributed by atoms with Crippen LogP contribution in [0.25, 0.3) is 11.1 Å². The van der Waals surface area contributed by atoms with E-state index in [-0.39, 0.29) is 37.3 Å². The number of ether oxygens (including phenoxy) is 1. The van der Waals surface area contributed by atoms with Gasteiger partial charge < -0.3 is 20.1 Å². The molecule has 2 amide bonds. The first-order valence-corrected chi connectivity index (χ1v) is 10.9. The Kier molecular flexibility index (Phi) is 7.51. The van der Waals surface area contributed by atoms with Crippen molar-refractivity contribution in [2.75, 3.05) is 20.2 Å². The summed E-state index contributed by atoms with van der Waals surface area (Å²) >= 11 is 0. The smallest absolute Gasteiger partial charge is 0.407 e. The molecule has 0 bridgehead atoms. The van der Waals surface area contributed by atoms with E-state index >= 15 is 0 Å². The van der Waals surface area contributed by atoms with Crippen molar-refractivity contribution in [3.63, 3.8) is 0 Å². The van der Waals surface area contributed by atoms with Crippen LogP contribution in [0.15, 0.2) is 48.5 Å². The van der Waals surface area contributed by atoms with E-state index in [2.05, 4.69) is 17.4 Å². The fraction of sp³-hybridized carbons (Fsp3) is 0.400. The molecular formula is C25H30N2O5. The first-order chi connectivity index (χ1) is 15.3. The maximum Gasteiger partial charge on any atom is 0.407 e. The highest BCUT2D eigenvalue weighted by atomic mass is 16.5. The van der Waals surface area contributed by atoms with Crippen LogP contribution in [0, 0.1) is 5.92 Å². The minimum absolute atomic E-state index is 0.0656. The van der Waals surface area contributed by atoms with E-state index in [9.17, 15) is 14.4 Å². The summed E-state index contributed by atoms with van der Waals surface area (Å²) in [6.07, 6.45) is -0.134. The van der Waals surface area contributed by atoms with Crippen LogP contribution in [0.1, 0.15) is 43.7 Å². The Bertz CT molecular complexity index is 944. The molecule has 0 aliphatic heterocycles. The second-order valence-corrected chi connectivity index (χ2v) is 8.24. The Labute approximate surface area is 188 Å². The lowest BCUT2D eigenvalue weighted by atomic mass is 9.97. The van der Waals surface area contributed by atoms with Gasteiger partial charge in [0.1, 0.15) is 12.6 Å². The highest BCUT2D eigenvalue weighted by Gasteiger charge is 2.31. The normalized spacial score (nSPS) is 14.1. The quantitative estimate of drug-likeness (QED) is 0.620. The van der Waals surface area contributed by atoms with Crippen LogP contribution in [0.2, 0.25) is 0 Å². The Morgan fingerprint density at radius 3 is 2.16 bits per heavy atom. The zero-order chi connectivity index (χ0) is 23.3. The van der Waals surface area contributed by atoms with E-state index in [0.717, 1.165) is 22.3 Å². The van der Waals surface area contributed by atoms with Crippen molar-refractivity contribution in [3.8, 4) is 11.1 Å². The number of amides is 2. The highest BCUT2D eigenvalue weighted by molar-refractivity contribution is 5.86. The molecule has 7 heteroatoms. The summed E-state index contributed by atoms with van der Waals surface area (Å²) in [5.74, 6) is -1.50. The predicted molar refractivity (Wildman–Crippen MR) is 121 cm³/mol. The number of hydrogen-bond donors (Lipinski definition) is 2. The number of benzene rings is 2. The van der Waals surface area contributed by atoms with Gasteiger partial charge in [0.25, 0.3) is 0 Å². The number of alkyl carbamates (subject to hydrolysis) is 1. The third kappa shape index (κ3) is 5.10. The minimum Gasteiger partial charge on any atom is -0.481 e. The maximum absolute atomic E-state index is 12.8. The summed E-state index contributed by atoms with van der Waals surface area (Å²) in [6, 6.07) is 15.4. The van der Waals surface area contributed by atoms with Gasteiger partial charge in [-0.1, -0.05) is 68.8 Å². The monoisotopic (exact) mass is 438 g/mol. The number of likely N-dealkylation sites (N-methyl/N-ethyl adjacent to an activating group) is 1. The van der Waals surface area contributed by atoms with Crippen LogP contribution >= 0.6 is 0 Å². The van der Waals surface area contributed by atoms with E-state index in [1.807, 2.05) is 50.2 Å². The third-order valence-electron chi connectivity index (χ3n) is 6.13. The van der Waals surface area contributed by atoms with Crippen molar-refractivity contribution in [1.29, 1.82) is 0 Å². The predicted octanol–water partition coefficient (Wildman–Crippen LogP) is 3.87. The molecule has 3 rings (SSSR count). The lowest BCUT2D eigenvalue weighted by molar-refractivity contribution is -0.138. The highest BCUT2D eigenvalue weighted by Crippen LogP contribution is 2.44. The SMILES string of the molecule is CC[C@H](C)[C@H](NC(=O)OCC1c2ccccc2-c2ccccc21)C(=O)N(C)CCC(=O)O. The molecule has 2 aromatic rings. The molecule has 0 aromatic heterocycles. The summed E-state index contributed by atoms with van der Waals surface area (Å²) in [5.41, 5.74) is 4.52. The molecule has 7 nitrogen and oxygen atoms in total. The molecule has 170 valence electrons. The largest absolute Gasteiger partial charge is 0.481 e. The average molecular weight is 439 g/mol. The van der Waals surface area contributed by atoms with Crippen molar-refractivity contribution >= 4 is 18.0 Å². The average Bonchev–Trinajstić information content (AvgIpc) is 3.12. The van der Waals surface area contributed by atoms with Gasteiger partial charge in [-0.15, -0.1) is 0 Å². The number of aliphatic carboxylic acids is 1. The molecule has 0 radical (unpaired) electrons. The summed E-state index contributed by atoms with van der Waals surface area (Å²) in [4.78, 5) is 37.7. The molecule has 0 spiro atoms. The van der Waals surface area contributed by atoms with E-state index in [4.69, 9.17) is 9.84 Å². The number of carbonyl (C=O) groups is 3. The van der Waals surface area contributed by atoms with Crippen molar-refractivity contribution in [2.24, 2.45) is 5.92 Å². The zero-order valence-corrected chi connectivity index (χ0v) is 18.7. The number of nitrogens with zero attached hydrogens (tertiary/aromatic N) is 1. The van der Waals surface area contributed by atoms with Crippen LogP contribution in [0.4, 0.5) is 4.79 Å². The van der Waals surface area contributed by atoms with Gasteiger partial charge >= 0.3 is 12.1 Å². The summed E-state index contributed by atoms with van der Waals surface area (Å²) in [5, 5.41) is 11.6. The maximum atomic E-state index is 12.8. The van der Waals surface area contributed by atoms with Gasteiger partial charge in [0.2, 0.25) is 5.91 Å². The molecule has 0 heterocycles. The molecule has 2 aromatic carbocycles. The van der Waals surface area contributed by atoms with E-state index in [1.54, 1.807) is 7.05 Å². The fourth-order valence-corrected chi connectivity index (χ4v) is 4.06. The first kappa shape index (κ1) is 23.3. The Morgan fingerprint density at radius 2 is 1.62 bits per heavy atom. The fourth-order valence-electron chi connectivity index (χ4n) is 4.06. The van der Waals surface area contributed by atoms with Crippen molar-refractivity contribution in [2.45, 2.75) is 38.6 Å². The van der Waals surface area contributed by atoms with Crippen LogP contribution < -0.4 is 5.32 Å². The van der Waals surface area contributed by atoms with Gasteiger partial charge in [0, 0.05) is 19.5 Å². The van der Waals surface area contributed by atoms with Gasteiger partial charge in [-0.05, 0) is 28.2 Å². The molecule has 2 atom stereocenters. The number of carboxylic acids is 1. The first-order valence-electron chi connectivity index (χ1n) is 10.9. The minimum atomic E-state index is -0.978. The molecule has 0 fully saturated rings. The van der Waals surface area contributed by atoms with Gasteiger partial charge in [0.05, 0.1) is 6.42 Å². The lowest BCUT2D eigenvalue weighted by Gasteiger charge is -2.28. The second-order valence-electron chi connectivity index (χ2n) is 8.24. The van der Waals surface area contributed by atoms with Gasteiger partial charge in [-0.3, -0.25) is 9.59 Å². The Hall–Kier alpha value is -3.35. The second kappa shape index (κ2) is 10.3. The lowest BCUT2D eigenvalue weighted by Crippen LogP contribution is -2.51. The number of fused-ring (bicyclic) bond motifs is 3. The third-order valence-corrected chi connectivity index (χ3v) is 6.13. The molecule has 0 saturated heterocycles. The summed E-state index contributed by atoms with van der Waals surface area (Å²) < 4.78 is 5.58. The summed E-state index contributed by atoms with van der Waals surface area (Å²) in [7, 11) is 1.54. The number of hydrogen-bond acceptors (Lipinski definition) is 4. The van der Waals surface area contributed by atoms with E-state index in [0.29, 0.717) is 6.42 Å². The van der Waals surface area contributed by atoms with Crippen LogP contribution in [-0.2, 0) is 14.3 Å².